The maximum Gasteiger partial charge on any atom is 0.335 e. The summed E-state index contributed by atoms with van der Waals surface area (Å²) < 4.78 is 5.55. The van der Waals surface area contributed by atoms with E-state index < -0.39 is 17.8 Å². The van der Waals surface area contributed by atoms with Gasteiger partial charge in [0.05, 0.1) is 5.69 Å². The summed E-state index contributed by atoms with van der Waals surface area (Å²) in [5.74, 6) is -1.44. The highest BCUT2D eigenvalue weighted by molar-refractivity contribution is 6.39. The average molecular weight is 518 g/mol. The number of barbiturate groups is 1. The standard InChI is InChI=1S/C28H24ClN3O5/c1-16-4-8-20(12-18(16)3)30-25(33)15-37-22-10-6-19(7-11-22)13-23-26(34)31-28(36)32(27(23)35)21-9-5-17(2)24(29)14-21/h4-14H,15H2,1-3H3,(H,30,33)(H,31,34,36)/b23-13+. The van der Waals surface area contributed by atoms with Crippen molar-refractivity contribution in [2.75, 3.05) is 16.8 Å². The van der Waals surface area contributed by atoms with E-state index >= 15 is 0 Å². The van der Waals surface area contributed by atoms with Crippen molar-refractivity contribution in [1.29, 1.82) is 0 Å². The number of hydrogen-bond donors (Lipinski definition) is 2. The lowest BCUT2D eigenvalue weighted by atomic mass is 10.1. The minimum atomic E-state index is -0.852. The molecule has 3 aromatic rings. The summed E-state index contributed by atoms with van der Waals surface area (Å²) in [4.78, 5) is 50.9. The molecule has 5 amide bonds. The van der Waals surface area contributed by atoms with Crippen LogP contribution in [0.1, 0.15) is 22.3 Å². The number of aryl methyl sites for hydroxylation is 3. The van der Waals surface area contributed by atoms with Crippen LogP contribution >= 0.6 is 11.6 Å². The molecule has 0 radical (unpaired) electrons. The zero-order chi connectivity index (χ0) is 26.7. The molecule has 0 atom stereocenters. The molecule has 8 nitrogen and oxygen atoms in total. The lowest BCUT2D eigenvalue weighted by molar-refractivity contribution is -0.122. The number of benzene rings is 3. The maximum atomic E-state index is 13.0. The Kier molecular flexibility index (Phi) is 7.40. The van der Waals surface area contributed by atoms with E-state index in [1.54, 1.807) is 43.3 Å². The number of ether oxygens (including phenoxy) is 1. The second-order valence-electron chi connectivity index (χ2n) is 8.60. The summed E-state index contributed by atoms with van der Waals surface area (Å²) in [5, 5.41) is 5.36. The van der Waals surface area contributed by atoms with Gasteiger partial charge in [-0.2, -0.15) is 0 Å². The predicted molar refractivity (Wildman–Crippen MR) is 142 cm³/mol. The van der Waals surface area contributed by atoms with E-state index in [0.29, 0.717) is 22.0 Å². The third-order valence-electron chi connectivity index (χ3n) is 5.87. The molecule has 0 saturated carbocycles. The van der Waals surface area contributed by atoms with Crippen LogP contribution in [0.2, 0.25) is 5.02 Å². The number of imide groups is 2. The van der Waals surface area contributed by atoms with E-state index in [4.69, 9.17) is 16.3 Å². The average Bonchev–Trinajstić information content (AvgIpc) is 2.85. The van der Waals surface area contributed by atoms with Crippen molar-refractivity contribution in [2.45, 2.75) is 20.8 Å². The molecule has 0 aliphatic carbocycles. The van der Waals surface area contributed by atoms with Gasteiger partial charge in [0.25, 0.3) is 17.7 Å². The molecule has 3 aromatic carbocycles. The minimum Gasteiger partial charge on any atom is -0.484 e. The van der Waals surface area contributed by atoms with E-state index in [2.05, 4.69) is 10.6 Å². The molecule has 1 aliphatic rings. The lowest BCUT2D eigenvalue weighted by Gasteiger charge is -2.26. The van der Waals surface area contributed by atoms with Gasteiger partial charge in [-0.05, 0) is 85.5 Å². The number of carbonyl (C=O) groups is 4. The molecular weight excluding hydrogens is 494 g/mol. The molecule has 1 saturated heterocycles. The Bertz CT molecular complexity index is 1450. The number of carbonyl (C=O) groups excluding carboxylic acids is 4. The van der Waals surface area contributed by atoms with Gasteiger partial charge in [-0.15, -0.1) is 0 Å². The van der Waals surface area contributed by atoms with Gasteiger partial charge in [-0.3, -0.25) is 19.7 Å². The van der Waals surface area contributed by atoms with Crippen LogP contribution in [-0.4, -0.2) is 30.4 Å². The Hall–Kier alpha value is -4.43. The molecule has 0 unspecified atom stereocenters. The van der Waals surface area contributed by atoms with Crippen LogP contribution in [0, 0.1) is 20.8 Å². The van der Waals surface area contributed by atoms with Crippen LogP contribution in [-0.2, 0) is 14.4 Å². The van der Waals surface area contributed by atoms with Crippen molar-refractivity contribution in [3.8, 4) is 5.75 Å². The van der Waals surface area contributed by atoms with Gasteiger partial charge in [-0.1, -0.05) is 35.9 Å². The fraction of sp³-hybridized carbons (Fsp3) is 0.143. The molecule has 9 heteroatoms. The Labute approximate surface area is 218 Å². The quantitative estimate of drug-likeness (QED) is 0.355. The normalized spacial score (nSPS) is 14.5. The summed E-state index contributed by atoms with van der Waals surface area (Å²) in [6, 6.07) is 16.0. The van der Waals surface area contributed by atoms with Gasteiger partial charge in [-0.25, -0.2) is 9.69 Å². The largest absolute Gasteiger partial charge is 0.484 e. The number of urea groups is 1. The second-order valence-corrected chi connectivity index (χ2v) is 9.00. The lowest BCUT2D eigenvalue weighted by Crippen LogP contribution is -2.54. The second kappa shape index (κ2) is 10.7. The van der Waals surface area contributed by atoms with E-state index in [0.717, 1.165) is 21.6 Å². The van der Waals surface area contributed by atoms with Gasteiger partial charge < -0.3 is 10.1 Å². The van der Waals surface area contributed by atoms with Crippen molar-refractivity contribution in [3.63, 3.8) is 0 Å². The number of rotatable bonds is 6. The van der Waals surface area contributed by atoms with Gasteiger partial charge >= 0.3 is 6.03 Å². The summed E-state index contributed by atoms with van der Waals surface area (Å²) in [6.45, 7) is 5.57. The number of hydrogen-bond acceptors (Lipinski definition) is 5. The zero-order valence-electron chi connectivity index (χ0n) is 20.4. The fourth-order valence-electron chi connectivity index (χ4n) is 3.60. The Morgan fingerprint density at radius 1 is 0.946 bits per heavy atom. The highest BCUT2D eigenvalue weighted by Crippen LogP contribution is 2.27. The topological polar surface area (TPSA) is 105 Å². The fourth-order valence-corrected chi connectivity index (χ4v) is 3.78. The van der Waals surface area contributed by atoms with Gasteiger partial charge in [0.15, 0.2) is 6.61 Å². The van der Waals surface area contributed by atoms with Crippen LogP contribution in [0.25, 0.3) is 6.08 Å². The zero-order valence-corrected chi connectivity index (χ0v) is 21.2. The van der Waals surface area contributed by atoms with E-state index in [9.17, 15) is 19.2 Å². The first-order chi connectivity index (χ1) is 17.6. The minimum absolute atomic E-state index is 0.190. The summed E-state index contributed by atoms with van der Waals surface area (Å²) in [6.07, 6.45) is 1.38. The molecule has 4 rings (SSSR count). The number of amides is 5. The maximum absolute atomic E-state index is 13.0. The predicted octanol–water partition coefficient (Wildman–Crippen LogP) is 4.95. The molecule has 188 valence electrons. The van der Waals surface area contributed by atoms with Gasteiger partial charge in [0, 0.05) is 10.7 Å². The first-order valence-electron chi connectivity index (χ1n) is 11.4. The molecule has 1 aliphatic heterocycles. The molecule has 0 spiro atoms. The molecule has 1 heterocycles. The van der Waals surface area contributed by atoms with Gasteiger partial charge in [0.1, 0.15) is 11.3 Å². The van der Waals surface area contributed by atoms with E-state index in [1.807, 2.05) is 32.0 Å². The van der Waals surface area contributed by atoms with Crippen LogP contribution in [0.4, 0.5) is 16.2 Å². The molecule has 2 N–H and O–H groups in total. The van der Waals surface area contributed by atoms with E-state index in [-0.39, 0.29) is 23.8 Å². The van der Waals surface area contributed by atoms with Gasteiger partial charge in [0.2, 0.25) is 0 Å². The molecule has 0 bridgehead atoms. The number of nitrogens with zero attached hydrogens (tertiary/aromatic N) is 1. The van der Waals surface area contributed by atoms with Crippen molar-refractivity contribution < 1.29 is 23.9 Å². The third kappa shape index (κ3) is 5.87. The SMILES string of the molecule is Cc1ccc(NC(=O)COc2ccc(/C=C3\C(=O)NC(=O)N(c4ccc(C)c(Cl)c4)C3=O)cc2)cc1C. The first-order valence-corrected chi connectivity index (χ1v) is 11.8. The number of halogens is 1. The number of anilines is 2. The molecule has 0 aromatic heterocycles. The van der Waals surface area contributed by atoms with Crippen LogP contribution < -0.4 is 20.3 Å². The first kappa shape index (κ1) is 25.7. The number of nitrogens with one attached hydrogen (secondary N) is 2. The van der Waals surface area contributed by atoms with Crippen LogP contribution in [0.15, 0.2) is 66.2 Å². The van der Waals surface area contributed by atoms with Crippen LogP contribution in [0.3, 0.4) is 0 Å². The van der Waals surface area contributed by atoms with Crippen LogP contribution in [0.5, 0.6) is 5.75 Å². The summed E-state index contributed by atoms with van der Waals surface area (Å²) >= 11 is 6.15. The van der Waals surface area contributed by atoms with E-state index in [1.165, 1.54) is 12.1 Å². The summed E-state index contributed by atoms with van der Waals surface area (Å²) in [7, 11) is 0. The van der Waals surface area contributed by atoms with Crippen molar-refractivity contribution in [1.82, 2.24) is 5.32 Å². The molecule has 37 heavy (non-hydrogen) atoms. The highest BCUT2D eigenvalue weighted by Gasteiger charge is 2.36. The Morgan fingerprint density at radius 2 is 1.65 bits per heavy atom. The monoisotopic (exact) mass is 517 g/mol. The Balaban J connectivity index is 1.43. The molecule has 1 fully saturated rings. The summed E-state index contributed by atoms with van der Waals surface area (Å²) in [5.41, 5.74) is 4.25. The van der Waals surface area contributed by atoms with Crippen molar-refractivity contribution in [2.24, 2.45) is 0 Å². The highest BCUT2D eigenvalue weighted by atomic mass is 35.5. The molecular formula is C28H24ClN3O5. The third-order valence-corrected chi connectivity index (χ3v) is 6.27. The van der Waals surface area contributed by atoms with Crippen molar-refractivity contribution >= 4 is 52.8 Å². The smallest absolute Gasteiger partial charge is 0.335 e. The Morgan fingerprint density at radius 3 is 2.32 bits per heavy atom. The van der Waals surface area contributed by atoms with Crippen molar-refractivity contribution in [3.05, 3.63) is 93.5 Å².